The molecule has 1 rings (SSSR count). The number of rotatable bonds is 2. The molecule has 66 valence electrons. The average Bonchev–Trinajstić information content (AvgIpc) is 1.94. The van der Waals surface area contributed by atoms with Crippen LogP contribution in [0.25, 0.3) is 0 Å². The Bertz CT molecular complexity index is 317. The van der Waals surface area contributed by atoms with Crippen LogP contribution in [-0.2, 0) is 0 Å². The number of hydrogen-bond acceptors (Lipinski definition) is 2. The Hall–Kier alpha value is -0.830. The lowest BCUT2D eigenvalue weighted by Crippen LogP contribution is -2.07. The van der Waals surface area contributed by atoms with Gasteiger partial charge in [0.2, 0.25) is 0 Å². The minimum absolute atomic E-state index is 0.202. The Labute approximate surface area is 77.6 Å². The van der Waals surface area contributed by atoms with Crippen molar-refractivity contribution in [3.63, 3.8) is 0 Å². The van der Waals surface area contributed by atoms with E-state index in [2.05, 4.69) is 4.98 Å². The smallest absolute Gasteiger partial charge is 0.138 e. The number of hydrogen-bond donors (Lipinski definition) is 1. The highest BCUT2D eigenvalue weighted by Gasteiger charge is 2.00. The predicted octanol–water partition coefficient (Wildman–Crippen LogP) is 2.84. The van der Waals surface area contributed by atoms with Crippen LogP contribution in [0.2, 0.25) is 0 Å². The summed E-state index contributed by atoms with van der Waals surface area (Å²) in [5, 5.41) is 0. The van der Waals surface area contributed by atoms with Crippen molar-refractivity contribution < 1.29 is 4.74 Å². The average molecular weight is 183 g/mol. The normalized spacial score (nSPS) is 10.3. The number of aromatic nitrogens is 1. The van der Waals surface area contributed by atoms with Crippen LogP contribution >= 0.6 is 12.2 Å². The number of pyridine rings is 1. The Morgan fingerprint density at radius 2 is 2.08 bits per heavy atom. The lowest BCUT2D eigenvalue weighted by molar-refractivity contribution is 0.239. The molecule has 0 aliphatic rings. The molecule has 3 heteroatoms. The highest BCUT2D eigenvalue weighted by molar-refractivity contribution is 7.71. The summed E-state index contributed by atoms with van der Waals surface area (Å²) in [5.41, 5.74) is 0.983. The van der Waals surface area contributed by atoms with E-state index in [1.165, 1.54) is 0 Å². The number of H-pyrrole nitrogens is 1. The second kappa shape index (κ2) is 3.72. The van der Waals surface area contributed by atoms with Crippen molar-refractivity contribution in [2.24, 2.45) is 0 Å². The lowest BCUT2D eigenvalue weighted by Gasteiger charge is -2.11. The van der Waals surface area contributed by atoms with E-state index in [0.29, 0.717) is 0 Å². The van der Waals surface area contributed by atoms with Crippen LogP contribution in [0.5, 0.6) is 5.75 Å². The second-order valence-corrected chi connectivity index (χ2v) is 3.42. The standard InChI is InChI=1S/C9H13NOS/c1-6(2)11-8-4-5-9(12)10-7(8)3/h4-6H,1-3H3,(H,10,12). The quantitative estimate of drug-likeness (QED) is 0.713. The molecule has 1 aromatic heterocycles. The third kappa shape index (κ3) is 2.34. The summed E-state index contributed by atoms with van der Waals surface area (Å²) in [6.07, 6.45) is 0.202. The first-order valence-corrected chi connectivity index (χ1v) is 4.37. The van der Waals surface area contributed by atoms with E-state index in [4.69, 9.17) is 17.0 Å². The van der Waals surface area contributed by atoms with Gasteiger partial charge in [-0.05, 0) is 32.9 Å². The summed E-state index contributed by atoms with van der Waals surface area (Å²) in [5.74, 6) is 0.874. The molecule has 0 amide bonds. The van der Waals surface area contributed by atoms with E-state index in [1.807, 2.05) is 32.9 Å². The van der Waals surface area contributed by atoms with Crippen molar-refractivity contribution >= 4 is 12.2 Å². The maximum Gasteiger partial charge on any atom is 0.138 e. The fraction of sp³-hybridized carbons (Fsp3) is 0.444. The summed E-state index contributed by atoms with van der Waals surface area (Å²) in [7, 11) is 0. The Morgan fingerprint density at radius 1 is 1.42 bits per heavy atom. The van der Waals surface area contributed by atoms with Gasteiger partial charge in [-0.25, -0.2) is 0 Å². The van der Waals surface area contributed by atoms with Crippen LogP contribution in [0.15, 0.2) is 12.1 Å². The molecule has 1 aromatic rings. The van der Waals surface area contributed by atoms with Gasteiger partial charge in [0.1, 0.15) is 10.4 Å². The van der Waals surface area contributed by atoms with Gasteiger partial charge in [0.15, 0.2) is 0 Å². The molecular formula is C9H13NOS. The third-order valence-electron chi connectivity index (χ3n) is 1.43. The number of nitrogens with one attached hydrogen (secondary N) is 1. The van der Waals surface area contributed by atoms with Gasteiger partial charge in [-0.1, -0.05) is 12.2 Å². The monoisotopic (exact) mass is 183 g/mol. The third-order valence-corrected chi connectivity index (χ3v) is 1.67. The van der Waals surface area contributed by atoms with Crippen molar-refractivity contribution in [1.82, 2.24) is 4.98 Å². The minimum atomic E-state index is 0.202. The Kier molecular flexibility index (Phi) is 2.87. The zero-order chi connectivity index (χ0) is 9.14. The van der Waals surface area contributed by atoms with Crippen molar-refractivity contribution in [1.29, 1.82) is 0 Å². The summed E-state index contributed by atoms with van der Waals surface area (Å²) in [6, 6.07) is 3.73. The molecule has 0 saturated carbocycles. The SMILES string of the molecule is Cc1[nH]c(=S)ccc1OC(C)C. The zero-order valence-corrected chi connectivity index (χ0v) is 8.37. The van der Waals surface area contributed by atoms with E-state index >= 15 is 0 Å². The largest absolute Gasteiger partial charge is 0.489 e. The summed E-state index contributed by atoms with van der Waals surface area (Å²) in [4.78, 5) is 3.03. The molecule has 0 spiro atoms. The van der Waals surface area contributed by atoms with Crippen LogP contribution in [0.1, 0.15) is 19.5 Å². The maximum atomic E-state index is 5.52. The lowest BCUT2D eigenvalue weighted by atomic mass is 10.3. The summed E-state index contributed by atoms with van der Waals surface area (Å²) < 4.78 is 6.26. The molecule has 1 heterocycles. The zero-order valence-electron chi connectivity index (χ0n) is 7.55. The molecule has 0 saturated heterocycles. The molecule has 0 unspecified atom stereocenters. The molecule has 0 aromatic carbocycles. The van der Waals surface area contributed by atoms with Gasteiger partial charge in [-0.2, -0.15) is 0 Å². The van der Waals surface area contributed by atoms with Crippen LogP contribution in [0, 0.1) is 11.6 Å². The van der Waals surface area contributed by atoms with Crippen LogP contribution < -0.4 is 4.74 Å². The van der Waals surface area contributed by atoms with E-state index in [-0.39, 0.29) is 6.10 Å². The first-order chi connectivity index (χ1) is 5.59. The van der Waals surface area contributed by atoms with Crippen LogP contribution in [0.3, 0.4) is 0 Å². The Morgan fingerprint density at radius 3 is 2.58 bits per heavy atom. The first-order valence-electron chi connectivity index (χ1n) is 3.96. The molecule has 2 nitrogen and oxygen atoms in total. The molecule has 0 radical (unpaired) electrons. The number of ether oxygens (including phenoxy) is 1. The summed E-state index contributed by atoms with van der Waals surface area (Å²) in [6.45, 7) is 5.95. The second-order valence-electron chi connectivity index (χ2n) is 2.98. The van der Waals surface area contributed by atoms with Crippen molar-refractivity contribution in [3.8, 4) is 5.75 Å². The van der Waals surface area contributed by atoms with Gasteiger partial charge in [-0.15, -0.1) is 0 Å². The van der Waals surface area contributed by atoms with E-state index in [1.54, 1.807) is 0 Å². The van der Waals surface area contributed by atoms with E-state index in [9.17, 15) is 0 Å². The topological polar surface area (TPSA) is 25.0 Å². The van der Waals surface area contributed by atoms with E-state index in [0.717, 1.165) is 16.1 Å². The Balaban J connectivity index is 2.94. The van der Waals surface area contributed by atoms with Gasteiger partial charge in [0.05, 0.1) is 11.8 Å². The molecule has 0 fully saturated rings. The first kappa shape index (κ1) is 9.26. The molecule has 12 heavy (non-hydrogen) atoms. The highest BCUT2D eigenvalue weighted by Crippen LogP contribution is 2.15. The van der Waals surface area contributed by atoms with Crippen molar-refractivity contribution in [2.45, 2.75) is 26.9 Å². The van der Waals surface area contributed by atoms with Crippen LogP contribution in [0.4, 0.5) is 0 Å². The fourth-order valence-corrected chi connectivity index (χ4v) is 1.17. The number of aromatic amines is 1. The molecular weight excluding hydrogens is 170 g/mol. The van der Waals surface area contributed by atoms with Gasteiger partial charge < -0.3 is 9.72 Å². The predicted molar refractivity (Wildman–Crippen MR) is 52.1 cm³/mol. The maximum absolute atomic E-state index is 5.52. The number of aryl methyl sites for hydroxylation is 1. The van der Waals surface area contributed by atoms with Gasteiger partial charge >= 0.3 is 0 Å². The van der Waals surface area contributed by atoms with Crippen molar-refractivity contribution in [2.75, 3.05) is 0 Å². The van der Waals surface area contributed by atoms with Gasteiger partial charge in [0.25, 0.3) is 0 Å². The van der Waals surface area contributed by atoms with Gasteiger partial charge in [-0.3, -0.25) is 0 Å². The minimum Gasteiger partial charge on any atom is -0.489 e. The van der Waals surface area contributed by atoms with Crippen LogP contribution in [-0.4, -0.2) is 11.1 Å². The molecule has 0 bridgehead atoms. The van der Waals surface area contributed by atoms with E-state index < -0.39 is 0 Å². The fourth-order valence-electron chi connectivity index (χ4n) is 0.946. The molecule has 0 aliphatic carbocycles. The summed E-state index contributed by atoms with van der Waals surface area (Å²) >= 11 is 4.96. The van der Waals surface area contributed by atoms with Gasteiger partial charge in [0, 0.05) is 0 Å². The molecule has 0 aliphatic heterocycles. The molecule has 0 atom stereocenters. The highest BCUT2D eigenvalue weighted by atomic mass is 32.1. The molecule has 1 N–H and O–H groups in total. The van der Waals surface area contributed by atoms with Crippen molar-refractivity contribution in [3.05, 3.63) is 22.5 Å².